The van der Waals surface area contributed by atoms with Gasteiger partial charge in [0, 0.05) is 67.8 Å². The van der Waals surface area contributed by atoms with Gasteiger partial charge in [-0.05, 0) is 41.8 Å². The number of hydrogen-bond donors (Lipinski definition) is 2. The summed E-state index contributed by atoms with van der Waals surface area (Å²) >= 11 is 6.17. The third-order valence-electron chi connectivity index (χ3n) is 6.70. The molecule has 1 aliphatic heterocycles. The van der Waals surface area contributed by atoms with Crippen molar-refractivity contribution in [2.75, 3.05) is 32.7 Å². The Morgan fingerprint density at radius 3 is 2.39 bits per heavy atom. The van der Waals surface area contributed by atoms with Gasteiger partial charge in [0.05, 0.1) is 5.02 Å². The van der Waals surface area contributed by atoms with Crippen LogP contribution in [0.2, 0.25) is 5.02 Å². The summed E-state index contributed by atoms with van der Waals surface area (Å²) in [6.07, 6.45) is 6.28. The summed E-state index contributed by atoms with van der Waals surface area (Å²) in [5.74, 6) is -0.395. The fourth-order valence-electron chi connectivity index (χ4n) is 4.59. The first-order valence-electron chi connectivity index (χ1n) is 12.1. The molecule has 0 radical (unpaired) electrons. The summed E-state index contributed by atoms with van der Waals surface area (Å²) in [5, 5.41) is 4.44. The first-order chi connectivity index (χ1) is 17.6. The number of halogens is 3. The van der Waals surface area contributed by atoms with Crippen LogP contribution in [0.15, 0.2) is 79.3 Å². The van der Waals surface area contributed by atoms with Crippen molar-refractivity contribution < 1.29 is 9.59 Å². The van der Waals surface area contributed by atoms with E-state index in [1.807, 2.05) is 65.8 Å². The van der Waals surface area contributed by atoms with Gasteiger partial charge in [-0.2, -0.15) is 0 Å². The van der Waals surface area contributed by atoms with E-state index in [1.165, 1.54) is 5.56 Å². The number of benzene rings is 2. The molecule has 5 rings (SSSR count). The molecule has 3 heterocycles. The number of hydrogen-bond acceptors (Lipinski definition) is 4. The zero-order valence-electron chi connectivity index (χ0n) is 20.7. The Balaban J connectivity index is 0.00000200. The van der Waals surface area contributed by atoms with Crippen LogP contribution in [-0.2, 0) is 11.2 Å². The van der Waals surface area contributed by atoms with E-state index in [1.54, 1.807) is 18.3 Å². The van der Waals surface area contributed by atoms with Gasteiger partial charge in [0.25, 0.3) is 5.91 Å². The summed E-state index contributed by atoms with van der Waals surface area (Å²) in [5.41, 5.74) is 3.27. The maximum absolute atomic E-state index is 13.6. The van der Waals surface area contributed by atoms with Crippen LogP contribution in [0, 0.1) is 0 Å². The first kappa shape index (κ1) is 29.5. The maximum Gasteiger partial charge on any atom is 0.252 e. The number of amides is 2. The molecule has 0 spiro atoms. The van der Waals surface area contributed by atoms with E-state index >= 15 is 0 Å². The summed E-state index contributed by atoms with van der Waals surface area (Å²) in [4.78, 5) is 38.2. The van der Waals surface area contributed by atoms with Crippen molar-refractivity contribution in [3.05, 3.63) is 101 Å². The lowest BCUT2D eigenvalue weighted by atomic mass is 10.0. The van der Waals surface area contributed by atoms with E-state index in [4.69, 9.17) is 11.6 Å². The highest BCUT2D eigenvalue weighted by molar-refractivity contribution is 6.35. The number of rotatable bonds is 7. The minimum Gasteiger partial charge on any atom is -0.360 e. The van der Waals surface area contributed by atoms with E-state index in [0.29, 0.717) is 23.7 Å². The van der Waals surface area contributed by atoms with Gasteiger partial charge in [-0.3, -0.25) is 19.5 Å². The third kappa shape index (κ3) is 6.85. The van der Waals surface area contributed by atoms with Crippen molar-refractivity contribution >= 4 is 59.1 Å². The smallest absolute Gasteiger partial charge is 0.252 e. The molecule has 1 fully saturated rings. The molecule has 200 valence electrons. The van der Waals surface area contributed by atoms with Gasteiger partial charge in [-0.1, -0.05) is 48.0 Å². The Kier molecular flexibility index (Phi) is 10.6. The number of pyridine rings is 1. The Bertz CT molecular complexity index is 1340. The van der Waals surface area contributed by atoms with E-state index < -0.39 is 6.04 Å². The lowest BCUT2D eigenvalue weighted by Crippen LogP contribution is -2.52. The normalized spacial score (nSPS) is 14.3. The molecule has 1 saturated heterocycles. The van der Waals surface area contributed by atoms with Gasteiger partial charge >= 0.3 is 0 Å². The molecule has 0 saturated carbocycles. The summed E-state index contributed by atoms with van der Waals surface area (Å²) in [6.45, 7) is 3.80. The molecule has 0 bridgehead atoms. The predicted molar refractivity (Wildman–Crippen MR) is 155 cm³/mol. The van der Waals surface area contributed by atoms with Crippen molar-refractivity contribution in [2.24, 2.45) is 0 Å². The lowest BCUT2D eigenvalue weighted by molar-refractivity contribution is -0.135. The Morgan fingerprint density at radius 2 is 1.68 bits per heavy atom. The van der Waals surface area contributed by atoms with Crippen molar-refractivity contribution in [2.45, 2.75) is 12.5 Å². The van der Waals surface area contributed by atoms with Crippen LogP contribution in [0.1, 0.15) is 27.5 Å². The molecule has 10 heteroatoms. The van der Waals surface area contributed by atoms with Gasteiger partial charge in [0.15, 0.2) is 0 Å². The molecule has 2 amide bonds. The van der Waals surface area contributed by atoms with Crippen LogP contribution in [0.4, 0.5) is 0 Å². The van der Waals surface area contributed by atoms with Crippen molar-refractivity contribution in [3.8, 4) is 0 Å². The number of fused-ring (bicyclic) bond motifs is 1. The second kappa shape index (κ2) is 13.6. The molecule has 4 aromatic rings. The van der Waals surface area contributed by atoms with Crippen molar-refractivity contribution in [3.63, 3.8) is 0 Å². The number of carbonyl (C=O) groups is 2. The van der Waals surface area contributed by atoms with Crippen LogP contribution in [0.3, 0.4) is 0 Å². The predicted octanol–water partition coefficient (Wildman–Crippen LogP) is 4.92. The van der Waals surface area contributed by atoms with Gasteiger partial charge in [-0.25, -0.2) is 0 Å². The van der Waals surface area contributed by atoms with Crippen LogP contribution in [-0.4, -0.2) is 64.3 Å². The SMILES string of the molecule is Cl.Cl.O=C(N[C@@H](C(=O)N1CCN(CCc2ccncc2)CC1)c1ccccc1)c1ccc2c(Cl)c[nH]c2c1. The largest absolute Gasteiger partial charge is 0.360 e. The Hall–Kier alpha value is -3.10. The minimum absolute atomic E-state index is 0. The summed E-state index contributed by atoms with van der Waals surface area (Å²) in [6, 6.07) is 18.0. The molecule has 1 atom stereocenters. The molecule has 2 N–H and O–H groups in total. The van der Waals surface area contributed by atoms with Gasteiger partial charge in [-0.15, -0.1) is 24.8 Å². The maximum atomic E-state index is 13.6. The Labute approximate surface area is 239 Å². The highest BCUT2D eigenvalue weighted by Crippen LogP contribution is 2.24. The lowest BCUT2D eigenvalue weighted by Gasteiger charge is -2.36. The molecule has 0 aliphatic carbocycles. The van der Waals surface area contributed by atoms with Crippen LogP contribution in [0.5, 0.6) is 0 Å². The molecule has 2 aromatic carbocycles. The molecular formula is C28H30Cl3N5O2. The number of H-pyrrole nitrogens is 1. The molecular weight excluding hydrogens is 545 g/mol. The number of piperazine rings is 1. The first-order valence-corrected chi connectivity index (χ1v) is 12.5. The highest BCUT2D eigenvalue weighted by Gasteiger charge is 2.30. The second-order valence-corrected chi connectivity index (χ2v) is 9.39. The number of carbonyl (C=O) groups excluding carboxylic acids is 2. The summed E-state index contributed by atoms with van der Waals surface area (Å²) in [7, 11) is 0. The number of aromatic nitrogens is 2. The van der Waals surface area contributed by atoms with Crippen molar-refractivity contribution in [1.29, 1.82) is 0 Å². The standard InChI is InChI=1S/C28H28ClN5O2.2ClH/c29-24-19-31-25-18-22(6-7-23(24)25)27(35)32-26(21-4-2-1-3-5-21)28(36)34-16-14-33(15-17-34)13-10-20-8-11-30-12-9-20;;/h1-9,11-12,18-19,26,31H,10,13-17H2,(H,32,35);2*1H/t26-;;/m1../s1. The van der Waals surface area contributed by atoms with Gasteiger partial charge < -0.3 is 15.2 Å². The zero-order chi connectivity index (χ0) is 24.9. The minimum atomic E-state index is -0.759. The monoisotopic (exact) mass is 573 g/mol. The molecule has 7 nitrogen and oxygen atoms in total. The van der Waals surface area contributed by atoms with Gasteiger partial charge in [0.1, 0.15) is 6.04 Å². The van der Waals surface area contributed by atoms with E-state index in [-0.39, 0.29) is 36.6 Å². The van der Waals surface area contributed by atoms with E-state index in [2.05, 4.69) is 20.2 Å². The molecule has 2 aromatic heterocycles. The molecule has 1 aliphatic rings. The van der Waals surface area contributed by atoms with Crippen LogP contribution < -0.4 is 5.32 Å². The second-order valence-electron chi connectivity index (χ2n) is 8.99. The fraction of sp³-hybridized carbons (Fsp3) is 0.250. The van der Waals surface area contributed by atoms with E-state index in [9.17, 15) is 9.59 Å². The van der Waals surface area contributed by atoms with Crippen LogP contribution in [0.25, 0.3) is 10.9 Å². The number of nitrogens with one attached hydrogen (secondary N) is 2. The van der Waals surface area contributed by atoms with Crippen molar-refractivity contribution in [1.82, 2.24) is 25.1 Å². The zero-order valence-corrected chi connectivity index (χ0v) is 23.1. The number of aromatic amines is 1. The molecule has 0 unspecified atom stereocenters. The fourth-order valence-corrected chi connectivity index (χ4v) is 4.81. The van der Waals surface area contributed by atoms with Gasteiger partial charge in [0.2, 0.25) is 5.91 Å². The average Bonchev–Trinajstić information content (AvgIpc) is 3.31. The topological polar surface area (TPSA) is 81.3 Å². The highest BCUT2D eigenvalue weighted by atomic mass is 35.5. The van der Waals surface area contributed by atoms with E-state index in [0.717, 1.165) is 42.5 Å². The Morgan fingerprint density at radius 1 is 0.974 bits per heavy atom. The third-order valence-corrected chi connectivity index (χ3v) is 7.01. The number of nitrogens with zero attached hydrogens (tertiary/aromatic N) is 3. The molecule has 38 heavy (non-hydrogen) atoms. The quantitative estimate of drug-likeness (QED) is 0.328. The van der Waals surface area contributed by atoms with Crippen LogP contribution >= 0.6 is 36.4 Å². The summed E-state index contributed by atoms with van der Waals surface area (Å²) < 4.78 is 0. The average molecular weight is 575 g/mol.